The van der Waals surface area contributed by atoms with Crippen LogP contribution in [0.4, 0.5) is 0 Å². The number of phenols is 1. The van der Waals surface area contributed by atoms with Gasteiger partial charge < -0.3 is 20.6 Å². The Morgan fingerprint density at radius 2 is 1.96 bits per heavy atom. The number of nitrogens with zero attached hydrogens (tertiary/aromatic N) is 1. The van der Waals surface area contributed by atoms with E-state index in [4.69, 9.17) is 10.2 Å². The van der Waals surface area contributed by atoms with Gasteiger partial charge in [-0.3, -0.25) is 4.99 Å². The Morgan fingerprint density at radius 3 is 2.58 bits per heavy atom. The number of carbonyl (C=O) groups is 2. The first-order valence-corrected chi connectivity index (χ1v) is 7.37. The van der Waals surface area contributed by atoms with E-state index in [2.05, 4.69) is 10.3 Å². The fraction of sp³-hybridized carbons (Fsp3) is 0.235. The van der Waals surface area contributed by atoms with Gasteiger partial charge >= 0.3 is 11.9 Å². The van der Waals surface area contributed by atoms with Gasteiger partial charge in [0, 0.05) is 19.2 Å². The molecule has 0 aliphatic carbocycles. The van der Waals surface area contributed by atoms with Crippen LogP contribution < -0.4 is 5.32 Å². The monoisotopic (exact) mass is 330 g/mol. The molecule has 0 saturated heterocycles. The first-order valence-electron chi connectivity index (χ1n) is 7.37. The summed E-state index contributed by atoms with van der Waals surface area (Å²) in [7, 11) is 0. The lowest BCUT2D eigenvalue weighted by Gasteiger charge is -2.21. The quantitative estimate of drug-likeness (QED) is 0.585. The van der Waals surface area contributed by atoms with Gasteiger partial charge in [0.15, 0.2) is 0 Å². The Morgan fingerprint density at radius 1 is 1.25 bits per heavy atom. The second-order valence-electron chi connectivity index (χ2n) is 5.32. The molecule has 0 saturated carbocycles. The summed E-state index contributed by atoms with van der Waals surface area (Å²) in [4.78, 5) is 26.3. The topological polar surface area (TPSA) is 119 Å². The summed E-state index contributed by atoms with van der Waals surface area (Å²) in [5.74, 6) is -2.08. The normalized spacial score (nSPS) is 19.1. The molecule has 1 aliphatic rings. The molecule has 0 spiro atoms. The predicted octanol–water partition coefficient (Wildman–Crippen LogP) is 1.35. The number of hydrogen-bond donors (Lipinski definition) is 4. The van der Waals surface area contributed by atoms with E-state index in [9.17, 15) is 14.7 Å². The van der Waals surface area contributed by atoms with Crippen molar-refractivity contribution in [2.75, 3.05) is 6.54 Å². The van der Waals surface area contributed by atoms with Crippen molar-refractivity contribution in [3.8, 4) is 5.75 Å². The SMILES string of the molecule is O=C(O)C1=C/C(=C\C=NCCc2ccc(O)cc2)CC(C(=O)O)N1. The first-order chi connectivity index (χ1) is 11.5. The largest absolute Gasteiger partial charge is 0.508 e. The molecule has 0 bridgehead atoms. The minimum absolute atomic E-state index is 0.141. The number of aromatic hydroxyl groups is 1. The third kappa shape index (κ3) is 4.98. The number of aliphatic imine (C=N–C) groups is 1. The molecular weight excluding hydrogens is 312 g/mol. The van der Waals surface area contributed by atoms with Crippen LogP contribution in [0.25, 0.3) is 0 Å². The van der Waals surface area contributed by atoms with Crippen LogP contribution in [0.1, 0.15) is 12.0 Å². The summed E-state index contributed by atoms with van der Waals surface area (Å²) >= 11 is 0. The molecule has 7 nitrogen and oxygen atoms in total. The van der Waals surface area contributed by atoms with E-state index in [-0.39, 0.29) is 17.9 Å². The minimum Gasteiger partial charge on any atom is -0.508 e. The number of carboxylic acids is 2. The fourth-order valence-corrected chi connectivity index (χ4v) is 2.23. The Balaban J connectivity index is 1.95. The Labute approximate surface area is 138 Å². The zero-order chi connectivity index (χ0) is 17.5. The van der Waals surface area contributed by atoms with Crippen LogP contribution in [-0.4, -0.2) is 46.1 Å². The van der Waals surface area contributed by atoms with E-state index in [1.807, 2.05) is 12.1 Å². The molecule has 1 aromatic rings. The second-order valence-corrected chi connectivity index (χ2v) is 5.32. The molecule has 24 heavy (non-hydrogen) atoms. The Hall–Kier alpha value is -3.09. The van der Waals surface area contributed by atoms with Crippen LogP contribution in [0.2, 0.25) is 0 Å². The number of phenolic OH excluding ortho intramolecular Hbond substituents is 1. The Bertz CT molecular complexity index is 704. The van der Waals surface area contributed by atoms with Crippen molar-refractivity contribution in [2.45, 2.75) is 18.9 Å². The molecule has 0 fully saturated rings. The van der Waals surface area contributed by atoms with Crippen molar-refractivity contribution in [1.82, 2.24) is 5.32 Å². The molecule has 2 rings (SSSR count). The molecule has 126 valence electrons. The number of carboxylic acid groups (broad SMARTS) is 2. The van der Waals surface area contributed by atoms with Crippen molar-refractivity contribution >= 4 is 18.2 Å². The first kappa shape index (κ1) is 17.3. The lowest BCUT2D eigenvalue weighted by Crippen LogP contribution is -2.41. The highest BCUT2D eigenvalue weighted by atomic mass is 16.4. The Kier molecular flexibility index (Phi) is 5.73. The van der Waals surface area contributed by atoms with Crippen LogP contribution in [0, 0.1) is 0 Å². The summed E-state index contributed by atoms with van der Waals surface area (Å²) in [6, 6.07) is 5.89. The highest BCUT2D eigenvalue weighted by Gasteiger charge is 2.26. The minimum atomic E-state index is -1.20. The lowest BCUT2D eigenvalue weighted by molar-refractivity contribution is -0.139. The van der Waals surface area contributed by atoms with Gasteiger partial charge in [-0.2, -0.15) is 0 Å². The smallest absolute Gasteiger partial charge is 0.351 e. The molecular formula is C17H18N2O5. The number of rotatable bonds is 6. The average molecular weight is 330 g/mol. The maximum Gasteiger partial charge on any atom is 0.351 e. The maximum atomic E-state index is 11.1. The molecule has 1 unspecified atom stereocenters. The van der Waals surface area contributed by atoms with Gasteiger partial charge in [0.05, 0.1) is 0 Å². The summed E-state index contributed by atoms with van der Waals surface area (Å²) in [5.41, 5.74) is 1.49. The van der Waals surface area contributed by atoms with Gasteiger partial charge in [-0.05, 0) is 41.8 Å². The number of benzene rings is 1. The molecule has 4 N–H and O–H groups in total. The zero-order valence-corrected chi connectivity index (χ0v) is 12.8. The highest BCUT2D eigenvalue weighted by molar-refractivity contribution is 5.89. The molecule has 0 amide bonds. The predicted molar refractivity (Wildman–Crippen MR) is 88.1 cm³/mol. The van der Waals surface area contributed by atoms with Crippen molar-refractivity contribution in [3.05, 3.63) is 53.3 Å². The summed E-state index contributed by atoms with van der Waals surface area (Å²) in [6.45, 7) is 0.532. The summed E-state index contributed by atoms with van der Waals surface area (Å²) in [6.07, 6.45) is 5.48. The second kappa shape index (κ2) is 7.96. The molecule has 1 aliphatic heterocycles. The van der Waals surface area contributed by atoms with Crippen LogP contribution >= 0.6 is 0 Å². The van der Waals surface area contributed by atoms with E-state index in [1.54, 1.807) is 24.4 Å². The van der Waals surface area contributed by atoms with Gasteiger partial charge in [0.25, 0.3) is 0 Å². The van der Waals surface area contributed by atoms with Crippen LogP contribution in [0.5, 0.6) is 5.75 Å². The zero-order valence-electron chi connectivity index (χ0n) is 12.8. The van der Waals surface area contributed by atoms with Crippen molar-refractivity contribution in [3.63, 3.8) is 0 Å². The lowest BCUT2D eigenvalue weighted by atomic mass is 10.00. The summed E-state index contributed by atoms with van der Waals surface area (Å²) in [5, 5.41) is 29.7. The number of allylic oxidation sites excluding steroid dienone is 2. The summed E-state index contributed by atoms with van der Waals surface area (Å²) < 4.78 is 0. The number of nitrogens with one attached hydrogen (secondary N) is 1. The maximum absolute atomic E-state index is 11.1. The molecule has 7 heteroatoms. The van der Waals surface area contributed by atoms with E-state index >= 15 is 0 Å². The third-order valence-electron chi connectivity index (χ3n) is 3.49. The van der Waals surface area contributed by atoms with Crippen molar-refractivity contribution in [2.24, 2.45) is 4.99 Å². The molecule has 0 aromatic heterocycles. The van der Waals surface area contributed by atoms with Crippen molar-refractivity contribution in [1.29, 1.82) is 0 Å². The standard InChI is InChI=1S/C17H18N2O5/c20-13-3-1-11(2-4-13)5-7-18-8-6-12-9-14(16(21)22)19-15(10-12)17(23)24/h1-4,6,8-9,15,19-20H,5,7,10H2,(H,21,22)(H,23,24)/b12-6+,18-8?. The third-order valence-corrected chi connectivity index (χ3v) is 3.49. The van der Waals surface area contributed by atoms with Crippen LogP contribution in [0.15, 0.2) is 52.7 Å². The molecule has 0 radical (unpaired) electrons. The van der Waals surface area contributed by atoms with Gasteiger partial charge in [-0.15, -0.1) is 0 Å². The fourth-order valence-electron chi connectivity index (χ4n) is 2.23. The van der Waals surface area contributed by atoms with E-state index in [0.29, 0.717) is 18.5 Å². The van der Waals surface area contributed by atoms with Gasteiger partial charge in [0.1, 0.15) is 17.5 Å². The van der Waals surface area contributed by atoms with E-state index in [0.717, 1.165) is 5.56 Å². The van der Waals surface area contributed by atoms with Gasteiger partial charge in [-0.25, -0.2) is 9.59 Å². The van der Waals surface area contributed by atoms with Gasteiger partial charge in [0.2, 0.25) is 0 Å². The number of hydrogen-bond acceptors (Lipinski definition) is 5. The van der Waals surface area contributed by atoms with Crippen LogP contribution in [-0.2, 0) is 16.0 Å². The van der Waals surface area contributed by atoms with E-state index < -0.39 is 18.0 Å². The number of aliphatic carboxylic acids is 2. The van der Waals surface area contributed by atoms with Crippen LogP contribution in [0.3, 0.4) is 0 Å². The van der Waals surface area contributed by atoms with Crippen molar-refractivity contribution < 1.29 is 24.9 Å². The molecule has 1 heterocycles. The average Bonchev–Trinajstić information content (AvgIpc) is 2.56. The molecule has 1 aromatic carbocycles. The highest BCUT2D eigenvalue weighted by Crippen LogP contribution is 2.16. The molecule has 1 atom stereocenters. The van der Waals surface area contributed by atoms with E-state index in [1.165, 1.54) is 6.08 Å². The van der Waals surface area contributed by atoms with Gasteiger partial charge in [-0.1, -0.05) is 12.1 Å².